The van der Waals surface area contributed by atoms with Gasteiger partial charge in [0.1, 0.15) is 24.6 Å². The summed E-state index contributed by atoms with van der Waals surface area (Å²) in [4.78, 5) is 29.6. The monoisotopic (exact) mass is 303 g/mol. The Morgan fingerprint density at radius 3 is 2.95 bits per heavy atom. The van der Waals surface area contributed by atoms with Crippen LogP contribution in [0.2, 0.25) is 0 Å². The van der Waals surface area contributed by atoms with Crippen LogP contribution in [-0.2, 0) is 14.3 Å². The van der Waals surface area contributed by atoms with Crippen molar-refractivity contribution in [1.29, 1.82) is 0 Å². The Kier molecular flexibility index (Phi) is 4.35. The number of ether oxygens (including phenoxy) is 2. The number of imidazole rings is 1. The van der Waals surface area contributed by atoms with Crippen LogP contribution in [0.1, 0.15) is 6.92 Å². The molecule has 11 heteroatoms. The van der Waals surface area contributed by atoms with E-state index in [9.17, 15) is 20.0 Å². The van der Waals surface area contributed by atoms with Crippen molar-refractivity contribution < 1.29 is 34.2 Å². The zero-order chi connectivity index (χ0) is 15.6. The molecule has 0 saturated carbocycles. The molecule has 11 nitrogen and oxygen atoms in total. The number of aliphatic hydroxyl groups is 2. The molecule has 116 valence electrons. The van der Waals surface area contributed by atoms with Gasteiger partial charge >= 0.3 is 11.9 Å². The number of hydrogen-bond donors (Lipinski definition) is 2. The molecule has 0 bridgehead atoms. The van der Waals surface area contributed by atoms with Crippen LogP contribution < -0.4 is 4.84 Å². The molecule has 0 aliphatic carbocycles. The van der Waals surface area contributed by atoms with E-state index in [-0.39, 0.29) is 0 Å². The molecule has 1 aromatic heterocycles. The van der Waals surface area contributed by atoms with E-state index in [1.54, 1.807) is 0 Å². The van der Waals surface area contributed by atoms with Crippen molar-refractivity contribution in [3.8, 4) is 0 Å². The van der Waals surface area contributed by atoms with Crippen LogP contribution >= 0.6 is 0 Å². The van der Waals surface area contributed by atoms with Crippen LogP contribution in [0.3, 0.4) is 0 Å². The first-order valence-corrected chi connectivity index (χ1v) is 5.90. The predicted molar refractivity (Wildman–Crippen MR) is 62.8 cm³/mol. The molecule has 0 radical (unpaired) electrons. The molecule has 1 fully saturated rings. The molecule has 21 heavy (non-hydrogen) atoms. The van der Waals surface area contributed by atoms with E-state index in [0.717, 1.165) is 19.3 Å². The highest BCUT2D eigenvalue weighted by atomic mass is 16.8. The highest BCUT2D eigenvalue weighted by Gasteiger charge is 2.49. The fraction of sp³-hybridized carbons (Fsp3) is 0.600. The number of carbonyl (C=O) groups is 1. The van der Waals surface area contributed by atoms with Crippen molar-refractivity contribution in [3.63, 3.8) is 0 Å². The van der Waals surface area contributed by atoms with Crippen LogP contribution in [0.25, 0.3) is 0 Å². The van der Waals surface area contributed by atoms with Gasteiger partial charge in [0.05, 0.1) is 6.61 Å². The van der Waals surface area contributed by atoms with E-state index in [4.69, 9.17) is 19.4 Å². The summed E-state index contributed by atoms with van der Waals surface area (Å²) in [7, 11) is 0. The number of nitrogens with zero attached hydrogens (tertiary/aromatic N) is 3. The minimum atomic E-state index is -1.33. The molecule has 0 unspecified atom stereocenters. The second kappa shape index (κ2) is 6.03. The maximum Gasteiger partial charge on any atom is 0.471 e. The fourth-order valence-electron chi connectivity index (χ4n) is 1.86. The van der Waals surface area contributed by atoms with Crippen molar-refractivity contribution in [2.24, 2.45) is 0 Å². The molecule has 0 spiro atoms. The van der Waals surface area contributed by atoms with Gasteiger partial charge in [-0.15, -0.1) is 0 Å². The molecular weight excluding hydrogens is 290 g/mol. The number of nitro groups is 1. The van der Waals surface area contributed by atoms with Gasteiger partial charge in [0.15, 0.2) is 6.10 Å². The Balaban J connectivity index is 2.18. The largest absolute Gasteiger partial charge is 0.471 e. The number of rotatable bonds is 5. The zero-order valence-corrected chi connectivity index (χ0v) is 10.9. The van der Waals surface area contributed by atoms with Crippen molar-refractivity contribution >= 4 is 11.9 Å². The smallest absolute Gasteiger partial charge is 0.453 e. The Morgan fingerprint density at radius 2 is 2.38 bits per heavy atom. The summed E-state index contributed by atoms with van der Waals surface area (Å²) >= 11 is 0. The normalized spacial score (nSPS) is 28.3. The lowest BCUT2D eigenvalue weighted by molar-refractivity contribution is -0.404. The summed E-state index contributed by atoms with van der Waals surface area (Å²) in [5.41, 5.74) is 0. The molecule has 0 amide bonds. The highest BCUT2D eigenvalue weighted by Crippen LogP contribution is 2.24. The average Bonchev–Trinajstić information content (AvgIpc) is 2.98. The number of esters is 1. The summed E-state index contributed by atoms with van der Waals surface area (Å²) in [5.74, 6) is -1.31. The van der Waals surface area contributed by atoms with Gasteiger partial charge in [-0.05, 0) is 9.65 Å². The molecule has 4 atom stereocenters. The molecule has 1 saturated heterocycles. The van der Waals surface area contributed by atoms with E-state index in [1.807, 2.05) is 0 Å². The number of carbonyl (C=O) groups excluding carboxylic acids is 1. The summed E-state index contributed by atoms with van der Waals surface area (Å²) in [6, 6.07) is 0. The second-order valence-electron chi connectivity index (χ2n) is 4.21. The van der Waals surface area contributed by atoms with Gasteiger partial charge in [-0.3, -0.25) is 4.79 Å². The first-order chi connectivity index (χ1) is 9.93. The van der Waals surface area contributed by atoms with Gasteiger partial charge in [0.25, 0.3) is 6.29 Å². The lowest BCUT2D eigenvalue weighted by Gasteiger charge is -2.18. The van der Waals surface area contributed by atoms with Crippen LogP contribution in [0.15, 0.2) is 12.4 Å². The van der Waals surface area contributed by atoms with Gasteiger partial charge in [0, 0.05) is 6.92 Å². The van der Waals surface area contributed by atoms with E-state index in [0.29, 0.717) is 4.73 Å². The van der Waals surface area contributed by atoms with Crippen LogP contribution in [-0.4, -0.2) is 62.0 Å². The lowest BCUT2D eigenvalue weighted by atomic mass is 10.1. The summed E-state index contributed by atoms with van der Waals surface area (Å²) in [5, 5.41) is 29.7. The van der Waals surface area contributed by atoms with Gasteiger partial charge in [-0.2, -0.15) is 0 Å². The Bertz CT molecular complexity index is 532. The van der Waals surface area contributed by atoms with Crippen molar-refractivity contribution in [3.05, 3.63) is 22.5 Å². The quantitative estimate of drug-likeness (QED) is 0.366. The summed E-state index contributed by atoms with van der Waals surface area (Å²) in [6.45, 7) is 0.584. The minimum Gasteiger partial charge on any atom is -0.453 e. The number of aromatic nitrogens is 2. The van der Waals surface area contributed by atoms with E-state index in [1.165, 1.54) is 0 Å². The third kappa shape index (κ3) is 3.09. The third-order valence-corrected chi connectivity index (χ3v) is 2.75. The van der Waals surface area contributed by atoms with E-state index >= 15 is 0 Å². The maximum atomic E-state index is 11.0. The molecule has 0 aromatic carbocycles. The van der Waals surface area contributed by atoms with Crippen LogP contribution in [0.4, 0.5) is 5.95 Å². The van der Waals surface area contributed by atoms with E-state index in [2.05, 4.69) is 4.98 Å². The first kappa shape index (κ1) is 15.2. The molecule has 1 aliphatic heterocycles. The van der Waals surface area contributed by atoms with Crippen LogP contribution in [0.5, 0.6) is 0 Å². The molecular formula is C10H13N3O8. The Hall–Kier alpha value is -2.24. The van der Waals surface area contributed by atoms with Crippen molar-refractivity contribution in [2.45, 2.75) is 31.5 Å². The highest BCUT2D eigenvalue weighted by molar-refractivity contribution is 5.66. The molecule has 2 rings (SSSR count). The lowest BCUT2D eigenvalue weighted by Crippen LogP contribution is -2.41. The SMILES string of the molecule is CC(=O)O[C@@H]1[C@H](On2ccnc2[N+](=O)[O-])O[C@H](CO)[C@H]1O. The zero-order valence-electron chi connectivity index (χ0n) is 10.9. The number of aliphatic hydroxyl groups excluding tert-OH is 2. The first-order valence-electron chi connectivity index (χ1n) is 5.90. The molecule has 2 N–H and O–H groups in total. The third-order valence-electron chi connectivity index (χ3n) is 2.75. The standard InChI is InChI=1S/C10H13N3O8/c1-5(15)19-8-7(16)6(4-14)20-9(8)21-12-3-2-11-10(12)13(17)18/h2-3,6-9,14,16H,4H2,1H3/t6-,7-,8+,9+/m1/s1. The number of hydrogen-bond acceptors (Lipinski definition) is 9. The van der Waals surface area contributed by atoms with E-state index < -0.39 is 48.0 Å². The molecule has 1 aliphatic rings. The molecule has 1 aromatic rings. The fourth-order valence-corrected chi connectivity index (χ4v) is 1.86. The minimum absolute atomic E-state index is 0.537. The maximum absolute atomic E-state index is 11.0. The average molecular weight is 303 g/mol. The van der Waals surface area contributed by atoms with Gasteiger partial charge in [-0.1, -0.05) is 4.98 Å². The van der Waals surface area contributed by atoms with Crippen molar-refractivity contribution in [2.75, 3.05) is 6.61 Å². The van der Waals surface area contributed by atoms with Crippen LogP contribution in [0, 0.1) is 10.1 Å². The second-order valence-corrected chi connectivity index (χ2v) is 4.21. The van der Waals surface area contributed by atoms with Gasteiger partial charge in [0.2, 0.25) is 0 Å². The Labute approximate surface area is 117 Å². The summed E-state index contributed by atoms with van der Waals surface area (Å²) in [6.07, 6.45) is -2.64. The predicted octanol–water partition coefficient (Wildman–Crippen LogP) is -1.77. The van der Waals surface area contributed by atoms with Crippen molar-refractivity contribution in [1.82, 2.24) is 9.71 Å². The van der Waals surface area contributed by atoms with Gasteiger partial charge in [-0.25, -0.2) is 0 Å². The topological polar surface area (TPSA) is 146 Å². The van der Waals surface area contributed by atoms with Gasteiger partial charge < -0.3 is 34.6 Å². The summed E-state index contributed by atoms with van der Waals surface area (Å²) < 4.78 is 10.8. The molecule has 2 heterocycles. The Morgan fingerprint density at radius 1 is 1.67 bits per heavy atom.